The van der Waals surface area contributed by atoms with Crippen molar-refractivity contribution in [3.8, 4) is 11.5 Å². The summed E-state index contributed by atoms with van der Waals surface area (Å²) < 4.78 is 34.6. The highest BCUT2D eigenvalue weighted by Crippen LogP contribution is 2.36. The lowest BCUT2D eigenvalue weighted by Crippen LogP contribution is -2.10. The van der Waals surface area contributed by atoms with Crippen LogP contribution in [0.25, 0.3) is 5.57 Å². The minimum atomic E-state index is -0.695. The van der Waals surface area contributed by atoms with E-state index in [0.717, 1.165) is 35.5 Å². The Kier molecular flexibility index (Phi) is 7.46. The summed E-state index contributed by atoms with van der Waals surface area (Å²) in [5, 5.41) is 0. The zero-order valence-electron chi connectivity index (χ0n) is 16.4. The lowest BCUT2D eigenvalue weighted by molar-refractivity contribution is 0.0509. The molecule has 1 saturated carbocycles. The van der Waals surface area contributed by atoms with E-state index in [1.165, 1.54) is 11.1 Å². The molecule has 2 aromatic carbocycles. The van der Waals surface area contributed by atoms with E-state index in [1.54, 1.807) is 14.2 Å². The zero-order chi connectivity index (χ0) is 19.8. The summed E-state index contributed by atoms with van der Waals surface area (Å²) in [4.78, 5) is 0. The van der Waals surface area contributed by atoms with Gasteiger partial charge in [0.15, 0.2) is 13.6 Å². The van der Waals surface area contributed by atoms with Crippen molar-refractivity contribution in [2.45, 2.75) is 31.9 Å². The van der Waals surface area contributed by atoms with Crippen LogP contribution in [0.3, 0.4) is 0 Å². The van der Waals surface area contributed by atoms with Gasteiger partial charge in [0.05, 0.1) is 0 Å². The molecule has 5 heteroatoms. The predicted molar refractivity (Wildman–Crippen MR) is 107 cm³/mol. The molecule has 1 aliphatic carbocycles. The molecular formula is C23H27FO4. The van der Waals surface area contributed by atoms with Crippen LogP contribution in [0.4, 0.5) is 4.39 Å². The maximum atomic E-state index is 13.7. The summed E-state index contributed by atoms with van der Waals surface area (Å²) in [6.45, 7) is 0.433. The second-order valence-corrected chi connectivity index (χ2v) is 6.80. The molecule has 3 rings (SSSR count). The molecule has 2 aromatic rings. The molecular weight excluding hydrogens is 359 g/mol. The summed E-state index contributed by atoms with van der Waals surface area (Å²) in [6.07, 6.45) is 2.03. The molecule has 0 atom stereocenters. The van der Waals surface area contributed by atoms with Gasteiger partial charge in [0.1, 0.15) is 17.7 Å². The zero-order valence-corrected chi connectivity index (χ0v) is 16.4. The van der Waals surface area contributed by atoms with E-state index in [4.69, 9.17) is 18.9 Å². The Labute approximate surface area is 165 Å². The first kappa shape index (κ1) is 20.4. The van der Waals surface area contributed by atoms with Crippen molar-refractivity contribution in [1.82, 2.24) is 0 Å². The van der Waals surface area contributed by atoms with Gasteiger partial charge in [0, 0.05) is 14.2 Å². The van der Waals surface area contributed by atoms with Crippen molar-refractivity contribution in [2.24, 2.45) is 0 Å². The lowest BCUT2D eigenvalue weighted by atomic mass is 9.84. The van der Waals surface area contributed by atoms with E-state index in [9.17, 15) is 4.39 Å². The number of halogens is 1. The molecule has 0 spiro atoms. The van der Waals surface area contributed by atoms with Gasteiger partial charge in [-0.15, -0.1) is 0 Å². The van der Waals surface area contributed by atoms with Crippen molar-refractivity contribution in [3.05, 3.63) is 65.2 Å². The molecule has 0 heterocycles. The van der Waals surface area contributed by atoms with Crippen LogP contribution in [-0.4, -0.2) is 34.0 Å². The van der Waals surface area contributed by atoms with Crippen LogP contribution in [-0.2, 0) is 9.47 Å². The predicted octanol–water partition coefficient (Wildman–Crippen LogP) is 5.37. The van der Waals surface area contributed by atoms with Crippen molar-refractivity contribution in [3.63, 3.8) is 0 Å². The van der Waals surface area contributed by atoms with Crippen molar-refractivity contribution in [2.75, 3.05) is 27.8 Å². The average Bonchev–Trinajstić information content (AvgIpc) is 2.74. The first-order valence-electron chi connectivity index (χ1n) is 9.51. The van der Waals surface area contributed by atoms with Crippen LogP contribution in [0.15, 0.2) is 54.1 Å². The highest BCUT2D eigenvalue weighted by molar-refractivity contribution is 5.82. The third-order valence-electron chi connectivity index (χ3n) is 4.85. The maximum absolute atomic E-state index is 13.7. The second kappa shape index (κ2) is 10.2. The third kappa shape index (κ3) is 5.33. The van der Waals surface area contributed by atoms with E-state index in [2.05, 4.69) is 0 Å². The third-order valence-corrected chi connectivity index (χ3v) is 4.85. The smallest absolute Gasteiger partial charge is 0.188 e. The van der Waals surface area contributed by atoms with Crippen molar-refractivity contribution >= 4 is 5.57 Å². The minimum absolute atomic E-state index is 0.216. The molecule has 0 aromatic heterocycles. The molecule has 0 aliphatic heterocycles. The van der Waals surface area contributed by atoms with Gasteiger partial charge in [-0.1, -0.05) is 29.8 Å². The standard InChI is InChI=1S/C23H27FO4/c1-25-15-27-21-11-5-18(6-12-21)23(17-3-9-20(24)10-4-17)19-7-13-22(14-8-19)28-16-26-2/h5-8,11-14,20H,3-4,9-10,15-16H2,1-2H3. The largest absolute Gasteiger partial charge is 0.468 e. The SMILES string of the molecule is COCOc1ccc(C(=C2CCC(F)CC2)c2ccc(OCOC)cc2)cc1. The van der Waals surface area contributed by atoms with Gasteiger partial charge in [0.25, 0.3) is 0 Å². The van der Waals surface area contributed by atoms with Crippen LogP contribution in [0.2, 0.25) is 0 Å². The number of methoxy groups -OCH3 is 2. The Balaban J connectivity index is 1.91. The number of benzene rings is 2. The maximum Gasteiger partial charge on any atom is 0.188 e. The number of hydrogen-bond acceptors (Lipinski definition) is 4. The van der Waals surface area contributed by atoms with Gasteiger partial charge in [0.2, 0.25) is 0 Å². The summed E-state index contributed by atoms with van der Waals surface area (Å²) in [5.74, 6) is 1.51. The molecule has 28 heavy (non-hydrogen) atoms. The van der Waals surface area contributed by atoms with E-state index < -0.39 is 6.17 Å². The average molecular weight is 386 g/mol. The molecule has 1 aliphatic rings. The highest BCUT2D eigenvalue weighted by Gasteiger charge is 2.20. The van der Waals surface area contributed by atoms with E-state index in [1.807, 2.05) is 48.5 Å². The number of hydrogen-bond donors (Lipinski definition) is 0. The first-order chi connectivity index (χ1) is 13.7. The number of allylic oxidation sites excluding steroid dienone is 1. The molecule has 4 nitrogen and oxygen atoms in total. The van der Waals surface area contributed by atoms with Crippen LogP contribution >= 0.6 is 0 Å². The summed E-state index contributed by atoms with van der Waals surface area (Å²) in [6, 6.07) is 15.9. The fourth-order valence-corrected chi connectivity index (χ4v) is 3.45. The quantitative estimate of drug-likeness (QED) is 0.572. The topological polar surface area (TPSA) is 36.9 Å². The number of rotatable bonds is 8. The molecule has 0 unspecified atom stereocenters. The molecule has 1 fully saturated rings. The van der Waals surface area contributed by atoms with E-state index >= 15 is 0 Å². The Bertz CT molecular complexity index is 705. The molecule has 150 valence electrons. The monoisotopic (exact) mass is 386 g/mol. The van der Waals surface area contributed by atoms with Gasteiger partial charge in [-0.25, -0.2) is 4.39 Å². The molecule has 0 N–H and O–H groups in total. The fraction of sp³-hybridized carbons (Fsp3) is 0.391. The van der Waals surface area contributed by atoms with Crippen LogP contribution < -0.4 is 9.47 Å². The van der Waals surface area contributed by atoms with Gasteiger partial charge >= 0.3 is 0 Å². The summed E-state index contributed by atoms with van der Waals surface area (Å²) >= 11 is 0. The van der Waals surface area contributed by atoms with E-state index in [-0.39, 0.29) is 13.6 Å². The fourth-order valence-electron chi connectivity index (χ4n) is 3.45. The van der Waals surface area contributed by atoms with Gasteiger partial charge in [-0.05, 0) is 66.6 Å². The van der Waals surface area contributed by atoms with Crippen LogP contribution in [0.5, 0.6) is 11.5 Å². The molecule has 0 saturated heterocycles. The van der Waals surface area contributed by atoms with E-state index in [0.29, 0.717) is 12.8 Å². The Morgan fingerprint density at radius 1 is 0.786 bits per heavy atom. The molecule has 0 bridgehead atoms. The second-order valence-electron chi connectivity index (χ2n) is 6.80. The first-order valence-corrected chi connectivity index (χ1v) is 9.51. The molecule has 0 amide bonds. The lowest BCUT2D eigenvalue weighted by Gasteiger charge is -2.23. The van der Waals surface area contributed by atoms with Gasteiger partial charge in [-0.2, -0.15) is 0 Å². The van der Waals surface area contributed by atoms with Gasteiger partial charge in [-0.3, -0.25) is 0 Å². The Morgan fingerprint density at radius 2 is 1.21 bits per heavy atom. The summed E-state index contributed by atoms with van der Waals surface area (Å²) in [7, 11) is 3.19. The van der Waals surface area contributed by atoms with Crippen molar-refractivity contribution in [1.29, 1.82) is 0 Å². The van der Waals surface area contributed by atoms with Gasteiger partial charge < -0.3 is 18.9 Å². The minimum Gasteiger partial charge on any atom is -0.468 e. The number of alkyl halides is 1. The van der Waals surface area contributed by atoms with Crippen LogP contribution in [0, 0.1) is 0 Å². The highest BCUT2D eigenvalue weighted by atomic mass is 19.1. The molecule has 0 radical (unpaired) electrons. The normalized spacial score (nSPS) is 16.7. The summed E-state index contributed by atoms with van der Waals surface area (Å²) in [5.41, 5.74) is 4.67. The van der Waals surface area contributed by atoms with Crippen LogP contribution in [0.1, 0.15) is 36.8 Å². The Hall–Kier alpha value is -2.37. The van der Waals surface area contributed by atoms with Crippen molar-refractivity contribution < 1.29 is 23.3 Å². The number of ether oxygens (including phenoxy) is 4. The Morgan fingerprint density at radius 3 is 1.61 bits per heavy atom.